The quantitative estimate of drug-likeness (QED) is 0.622. The largest absolute Gasteiger partial charge is 0.490 e. The number of hydrogen-bond donors (Lipinski definition) is 3. The van der Waals surface area contributed by atoms with Crippen LogP contribution in [0, 0.1) is 0 Å². The van der Waals surface area contributed by atoms with Gasteiger partial charge in [0.05, 0.1) is 10.9 Å². The van der Waals surface area contributed by atoms with Crippen molar-refractivity contribution in [2.24, 2.45) is 0 Å². The van der Waals surface area contributed by atoms with Gasteiger partial charge in [-0.2, -0.15) is 0 Å². The zero-order valence-electron chi connectivity index (χ0n) is 9.64. The third kappa shape index (κ3) is 2.09. The van der Waals surface area contributed by atoms with E-state index in [0.29, 0.717) is 16.7 Å². The van der Waals surface area contributed by atoms with Crippen LogP contribution in [-0.4, -0.2) is 27.1 Å². The first-order valence-corrected chi connectivity index (χ1v) is 5.39. The van der Waals surface area contributed by atoms with Crippen molar-refractivity contribution in [2.45, 2.75) is 19.8 Å². The van der Waals surface area contributed by atoms with Crippen LogP contribution in [0.2, 0.25) is 0 Å². The average Bonchev–Trinajstić information content (AvgIpc) is 2.27. The van der Waals surface area contributed by atoms with Gasteiger partial charge in [0, 0.05) is 11.4 Å². The molecule has 3 N–H and O–H groups in total. The van der Waals surface area contributed by atoms with Gasteiger partial charge in [-0.25, -0.2) is 4.98 Å². The number of hydrogen-bond acceptors (Lipinski definition) is 4. The van der Waals surface area contributed by atoms with E-state index in [2.05, 4.69) is 9.97 Å². The van der Waals surface area contributed by atoms with E-state index in [4.69, 9.17) is 0 Å². The first-order chi connectivity index (χ1) is 8.00. The normalized spacial score (nSPS) is 11.1. The molecule has 0 fully saturated rings. The number of H-pyrrole nitrogens is 1. The topological polar surface area (TPSA) is 86.2 Å². The Balaban J connectivity index is 2.83. The van der Waals surface area contributed by atoms with Crippen LogP contribution in [0.15, 0.2) is 23.0 Å². The molecule has 1 aromatic carbocycles. The number of aromatic nitrogens is 2. The number of nitrogens with one attached hydrogen (secondary N) is 1. The fourth-order valence-corrected chi connectivity index (χ4v) is 1.68. The van der Waals surface area contributed by atoms with E-state index in [0.717, 1.165) is 0 Å². The summed E-state index contributed by atoms with van der Waals surface area (Å²) in [6.07, 6.45) is 0. The summed E-state index contributed by atoms with van der Waals surface area (Å²) in [6, 6.07) is 4.75. The van der Waals surface area contributed by atoms with Gasteiger partial charge in [0.1, 0.15) is 5.82 Å². The molecule has 0 bridgehead atoms. The lowest BCUT2D eigenvalue weighted by Gasteiger charge is -2.08. The molecule has 5 nitrogen and oxygen atoms in total. The first-order valence-electron chi connectivity index (χ1n) is 5.39. The second-order valence-electron chi connectivity index (χ2n) is 4.22. The summed E-state index contributed by atoms with van der Waals surface area (Å²) in [7, 11) is -1.63. The van der Waals surface area contributed by atoms with Crippen LogP contribution in [-0.2, 0) is 0 Å². The molecule has 2 aromatic rings. The Morgan fingerprint density at radius 2 is 2.06 bits per heavy atom. The van der Waals surface area contributed by atoms with E-state index in [-0.39, 0.29) is 16.9 Å². The van der Waals surface area contributed by atoms with E-state index in [1.54, 1.807) is 18.2 Å². The highest BCUT2D eigenvalue weighted by atomic mass is 16.4. The maximum absolute atomic E-state index is 11.8. The van der Waals surface area contributed by atoms with Crippen molar-refractivity contribution in [1.29, 1.82) is 0 Å². The molecule has 0 aliphatic heterocycles. The van der Waals surface area contributed by atoms with Gasteiger partial charge >= 0.3 is 7.12 Å². The van der Waals surface area contributed by atoms with Crippen LogP contribution in [0.4, 0.5) is 0 Å². The highest BCUT2D eigenvalue weighted by Gasteiger charge is 2.17. The SMILES string of the molecule is CC(C)c1nc2c(B(O)O)cccc2c(=O)[nH]1. The lowest BCUT2D eigenvalue weighted by atomic mass is 9.79. The summed E-state index contributed by atoms with van der Waals surface area (Å²) in [5.41, 5.74) is 0.326. The van der Waals surface area contributed by atoms with Gasteiger partial charge in [0.2, 0.25) is 0 Å². The molecule has 17 heavy (non-hydrogen) atoms. The van der Waals surface area contributed by atoms with Crippen molar-refractivity contribution in [3.63, 3.8) is 0 Å². The third-order valence-electron chi connectivity index (χ3n) is 2.61. The summed E-state index contributed by atoms with van der Waals surface area (Å²) in [5.74, 6) is 0.603. The highest BCUT2D eigenvalue weighted by molar-refractivity contribution is 6.61. The Morgan fingerprint density at radius 3 is 2.65 bits per heavy atom. The van der Waals surface area contributed by atoms with Crippen LogP contribution < -0.4 is 11.0 Å². The van der Waals surface area contributed by atoms with Gasteiger partial charge in [0.25, 0.3) is 5.56 Å². The number of aromatic amines is 1. The third-order valence-corrected chi connectivity index (χ3v) is 2.61. The molecule has 0 radical (unpaired) electrons. The monoisotopic (exact) mass is 232 g/mol. The number of para-hydroxylation sites is 1. The van der Waals surface area contributed by atoms with E-state index in [9.17, 15) is 14.8 Å². The first kappa shape index (κ1) is 11.8. The maximum Gasteiger partial charge on any atom is 0.490 e. The smallest absolute Gasteiger partial charge is 0.423 e. The van der Waals surface area contributed by atoms with Crippen molar-refractivity contribution in [2.75, 3.05) is 0 Å². The van der Waals surface area contributed by atoms with Crippen LogP contribution in [0.5, 0.6) is 0 Å². The molecule has 6 heteroatoms. The Morgan fingerprint density at radius 1 is 1.35 bits per heavy atom. The Kier molecular flexibility index (Phi) is 3.00. The maximum atomic E-state index is 11.8. The molecule has 0 saturated heterocycles. The predicted molar refractivity (Wildman–Crippen MR) is 66.3 cm³/mol. The zero-order valence-corrected chi connectivity index (χ0v) is 9.64. The molecule has 0 saturated carbocycles. The Bertz CT molecular complexity index is 607. The minimum atomic E-state index is -1.63. The molecule has 2 rings (SSSR count). The van der Waals surface area contributed by atoms with Gasteiger partial charge in [0.15, 0.2) is 0 Å². The molecular formula is C11H13BN2O3. The van der Waals surface area contributed by atoms with Crippen LogP contribution in [0.3, 0.4) is 0 Å². The molecule has 0 amide bonds. The lowest BCUT2D eigenvalue weighted by Crippen LogP contribution is -2.32. The summed E-state index contributed by atoms with van der Waals surface area (Å²) >= 11 is 0. The fourth-order valence-electron chi connectivity index (χ4n) is 1.68. The molecule has 88 valence electrons. The fraction of sp³-hybridized carbons (Fsp3) is 0.273. The number of rotatable bonds is 2. The number of nitrogens with zero attached hydrogens (tertiary/aromatic N) is 1. The minimum absolute atomic E-state index is 0.0657. The predicted octanol–water partition coefficient (Wildman–Crippen LogP) is -0.274. The van der Waals surface area contributed by atoms with E-state index in [1.165, 1.54) is 0 Å². The van der Waals surface area contributed by atoms with Gasteiger partial charge < -0.3 is 15.0 Å². The summed E-state index contributed by atoms with van der Waals surface area (Å²) in [6.45, 7) is 3.81. The zero-order chi connectivity index (χ0) is 12.6. The van der Waals surface area contributed by atoms with Crippen molar-refractivity contribution < 1.29 is 10.0 Å². The van der Waals surface area contributed by atoms with E-state index in [1.807, 2.05) is 13.8 Å². The molecule has 1 heterocycles. The van der Waals surface area contributed by atoms with Gasteiger partial charge in [-0.1, -0.05) is 26.0 Å². The summed E-state index contributed by atoms with van der Waals surface area (Å²) < 4.78 is 0. The average molecular weight is 232 g/mol. The van der Waals surface area contributed by atoms with Crippen LogP contribution in [0.25, 0.3) is 10.9 Å². The molecule has 0 spiro atoms. The molecular weight excluding hydrogens is 219 g/mol. The van der Waals surface area contributed by atoms with Crippen molar-refractivity contribution in [3.8, 4) is 0 Å². The minimum Gasteiger partial charge on any atom is -0.423 e. The van der Waals surface area contributed by atoms with E-state index < -0.39 is 7.12 Å². The standard InChI is InChI=1S/C11H13BN2O3/c1-6(2)10-13-9-7(11(15)14-10)4-3-5-8(9)12(16)17/h3-6,16-17H,1-2H3,(H,13,14,15). The second-order valence-corrected chi connectivity index (χ2v) is 4.22. The molecule has 1 aromatic heterocycles. The molecule has 0 unspecified atom stereocenters. The molecule has 0 atom stereocenters. The van der Waals surface area contributed by atoms with E-state index >= 15 is 0 Å². The number of benzene rings is 1. The van der Waals surface area contributed by atoms with Crippen LogP contribution in [0.1, 0.15) is 25.6 Å². The van der Waals surface area contributed by atoms with Crippen molar-refractivity contribution in [1.82, 2.24) is 9.97 Å². The van der Waals surface area contributed by atoms with Crippen LogP contribution >= 0.6 is 0 Å². The Labute approximate surface area is 98.3 Å². The second kappa shape index (κ2) is 4.31. The molecule has 0 aliphatic carbocycles. The van der Waals surface area contributed by atoms with Gasteiger partial charge in [-0.05, 0) is 6.07 Å². The lowest BCUT2D eigenvalue weighted by molar-refractivity contribution is 0.426. The highest BCUT2D eigenvalue weighted by Crippen LogP contribution is 2.10. The summed E-state index contributed by atoms with van der Waals surface area (Å²) in [4.78, 5) is 18.8. The summed E-state index contributed by atoms with van der Waals surface area (Å²) in [5, 5.41) is 18.9. The van der Waals surface area contributed by atoms with Crippen molar-refractivity contribution >= 4 is 23.5 Å². The molecule has 0 aliphatic rings. The van der Waals surface area contributed by atoms with Gasteiger partial charge in [-0.3, -0.25) is 4.79 Å². The van der Waals surface area contributed by atoms with Gasteiger partial charge in [-0.15, -0.1) is 0 Å². The Hall–Kier alpha value is -1.66. The van der Waals surface area contributed by atoms with Crippen molar-refractivity contribution in [3.05, 3.63) is 34.4 Å². The number of fused-ring (bicyclic) bond motifs is 1.